The van der Waals surface area contributed by atoms with Crippen molar-refractivity contribution in [1.29, 1.82) is 0 Å². The highest BCUT2D eigenvalue weighted by molar-refractivity contribution is 6.33. The molecular formula is C23H22ClN5O2. The van der Waals surface area contributed by atoms with Gasteiger partial charge in [0.05, 0.1) is 22.9 Å². The molecule has 0 aliphatic heterocycles. The Morgan fingerprint density at radius 2 is 1.97 bits per heavy atom. The zero-order valence-electron chi connectivity index (χ0n) is 17.3. The summed E-state index contributed by atoms with van der Waals surface area (Å²) in [6.45, 7) is 2.00. The highest BCUT2D eigenvalue weighted by Gasteiger charge is 2.19. The molecule has 4 rings (SSSR count). The molecule has 2 aromatic carbocycles. The molecule has 2 aromatic heterocycles. The molecule has 1 amide bonds. The van der Waals surface area contributed by atoms with Crippen LogP contribution in [0.2, 0.25) is 5.02 Å². The van der Waals surface area contributed by atoms with Crippen LogP contribution in [0.15, 0.2) is 71.8 Å². The second kappa shape index (κ2) is 9.14. The molecule has 0 N–H and O–H groups in total. The lowest BCUT2D eigenvalue weighted by atomic mass is 10.1. The minimum absolute atomic E-state index is 0.0188. The van der Waals surface area contributed by atoms with Gasteiger partial charge in [-0.2, -0.15) is 5.10 Å². The van der Waals surface area contributed by atoms with E-state index in [-0.39, 0.29) is 11.9 Å². The third kappa shape index (κ3) is 4.67. The number of benzene rings is 2. The van der Waals surface area contributed by atoms with Crippen LogP contribution in [0.1, 0.15) is 30.8 Å². The van der Waals surface area contributed by atoms with E-state index in [0.717, 1.165) is 16.8 Å². The Kier molecular flexibility index (Phi) is 6.13. The first kappa shape index (κ1) is 20.8. The van der Waals surface area contributed by atoms with Gasteiger partial charge in [0.15, 0.2) is 11.7 Å². The number of hydrogen-bond acceptors (Lipinski definition) is 5. The number of aromatic nitrogens is 4. The first-order valence-electron chi connectivity index (χ1n) is 9.93. The molecule has 8 heteroatoms. The maximum atomic E-state index is 12.7. The summed E-state index contributed by atoms with van der Waals surface area (Å²) in [5.41, 5.74) is 2.74. The van der Waals surface area contributed by atoms with Gasteiger partial charge in [0, 0.05) is 25.5 Å². The SMILES string of the molecule is C[C@@H](c1ccc(-n2cncn2)cc1)N(C)C(=O)CCc1ncc(-c2ccccc2Cl)o1. The Morgan fingerprint density at radius 3 is 2.68 bits per heavy atom. The van der Waals surface area contributed by atoms with Gasteiger partial charge in [0.1, 0.15) is 12.7 Å². The van der Waals surface area contributed by atoms with E-state index in [1.165, 1.54) is 6.33 Å². The third-order valence-electron chi connectivity index (χ3n) is 5.28. The first-order valence-corrected chi connectivity index (χ1v) is 10.3. The number of carbonyl (C=O) groups is 1. The Labute approximate surface area is 185 Å². The first-order chi connectivity index (χ1) is 15.0. The van der Waals surface area contributed by atoms with Crippen molar-refractivity contribution in [3.05, 3.63) is 83.9 Å². The van der Waals surface area contributed by atoms with Gasteiger partial charge in [-0.25, -0.2) is 14.6 Å². The van der Waals surface area contributed by atoms with E-state index < -0.39 is 0 Å². The number of oxazole rings is 1. The van der Waals surface area contributed by atoms with E-state index in [1.54, 1.807) is 28.2 Å². The number of nitrogens with zero attached hydrogens (tertiary/aromatic N) is 5. The van der Waals surface area contributed by atoms with E-state index in [0.29, 0.717) is 29.5 Å². The fraction of sp³-hybridized carbons (Fsp3) is 0.217. The van der Waals surface area contributed by atoms with E-state index in [9.17, 15) is 4.79 Å². The van der Waals surface area contributed by atoms with E-state index in [4.69, 9.17) is 16.0 Å². The lowest BCUT2D eigenvalue weighted by Gasteiger charge is -2.25. The van der Waals surface area contributed by atoms with E-state index in [1.807, 2.05) is 56.4 Å². The number of rotatable bonds is 7. The predicted molar refractivity (Wildman–Crippen MR) is 118 cm³/mol. The molecule has 0 saturated carbocycles. The van der Waals surface area contributed by atoms with Gasteiger partial charge in [0.2, 0.25) is 5.91 Å². The third-order valence-corrected chi connectivity index (χ3v) is 5.61. The summed E-state index contributed by atoms with van der Waals surface area (Å²) in [7, 11) is 1.81. The monoisotopic (exact) mass is 435 g/mol. The number of carbonyl (C=O) groups excluding carboxylic acids is 1. The van der Waals surface area contributed by atoms with Crippen LogP contribution < -0.4 is 0 Å². The van der Waals surface area contributed by atoms with Gasteiger partial charge in [0.25, 0.3) is 0 Å². The summed E-state index contributed by atoms with van der Waals surface area (Å²) in [6.07, 6.45) is 5.51. The smallest absolute Gasteiger partial charge is 0.223 e. The Morgan fingerprint density at radius 1 is 1.19 bits per heavy atom. The number of amides is 1. The van der Waals surface area contributed by atoms with Gasteiger partial charge >= 0.3 is 0 Å². The van der Waals surface area contributed by atoms with Crippen LogP contribution in [-0.2, 0) is 11.2 Å². The second-order valence-corrected chi connectivity index (χ2v) is 7.62. The van der Waals surface area contributed by atoms with E-state index in [2.05, 4.69) is 15.1 Å². The summed E-state index contributed by atoms with van der Waals surface area (Å²) >= 11 is 6.21. The van der Waals surface area contributed by atoms with Crippen LogP contribution in [0.3, 0.4) is 0 Å². The molecule has 0 unspecified atom stereocenters. The molecule has 2 heterocycles. The molecule has 158 valence electrons. The van der Waals surface area contributed by atoms with Gasteiger partial charge in [-0.15, -0.1) is 0 Å². The molecule has 7 nitrogen and oxygen atoms in total. The molecule has 0 fully saturated rings. The summed E-state index contributed by atoms with van der Waals surface area (Å²) in [5, 5.41) is 4.72. The zero-order valence-corrected chi connectivity index (χ0v) is 18.0. The average molecular weight is 436 g/mol. The minimum atomic E-state index is -0.0689. The summed E-state index contributed by atoms with van der Waals surface area (Å²) in [6, 6.07) is 15.3. The largest absolute Gasteiger partial charge is 0.441 e. The van der Waals surface area contributed by atoms with Crippen LogP contribution in [0, 0.1) is 0 Å². The summed E-state index contributed by atoms with van der Waals surface area (Å²) < 4.78 is 7.49. The number of halogens is 1. The Balaban J connectivity index is 1.36. The Hall–Kier alpha value is -3.45. The van der Waals surface area contributed by atoms with Crippen molar-refractivity contribution in [2.75, 3.05) is 7.05 Å². The van der Waals surface area contributed by atoms with Gasteiger partial charge in [-0.05, 0) is 36.8 Å². The van der Waals surface area contributed by atoms with Crippen molar-refractivity contribution in [2.24, 2.45) is 0 Å². The van der Waals surface area contributed by atoms with Gasteiger partial charge < -0.3 is 9.32 Å². The average Bonchev–Trinajstić information content (AvgIpc) is 3.49. The molecule has 0 aliphatic carbocycles. The molecule has 0 saturated heterocycles. The van der Waals surface area contributed by atoms with Gasteiger partial charge in [-0.1, -0.05) is 35.9 Å². The highest BCUT2D eigenvalue weighted by atomic mass is 35.5. The van der Waals surface area contributed by atoms with Crippen molar-refractivity contribution in [2.45, 2.75) is 25.8 Å². The fourth-order valence-corrected chi connectivity index (χ4v) is 3.52. The van der Waals surface area contributed by atoms with Crippen molar-refractivity contribution in [3.63, 3.8) is 0 Å². The minimum Gasteiger partial charge on any atom is -0.441 e. The summed E-state index contributed by atoms with van der Waals surface area (Å²) in [4.78, 5) is 22.7. The number of aryl methyl sites for hydroxylation is 1. The van der Waals surface area contributed by atoms with Crippen LogP contribution in [0.5, 0.6) is 0 Å². The maximum absolute atomic E-state index is 12.7. The quantitative estimate of drug-likeness (QED) is 0.419. The second-order valence-electron chi connectivity index (χ2n) is 7.21. The Bertz CT molecular complexity index is 1150. The van der Waals surface area contributed by atoms with Crippen LogP contribution in [0.25, 0.3) is 17.0 Å². The lowest BCUT2D eigenvalue weighted by Crippen LogP contribution is -2.29. The topological polar surface area (TPSA) is 77.1 Å². The summed E-state index contributed by atoms with van der Waals surface area (Å²) in [5.74, 6) is 1.13. The molecule has 31 heavy (non-hydrogen) atoms. The fourth-order valence-electron chi connectivity index (χ4n) is 3.29. The van der Waals surface area contributed by atoms with Crippen molar-refractivity contribution < 1.29 is 9.21 Å². The molecule has 0 radical (unpaired) electrons. The maximum Gasteiger partial charge on any atom is 0.223 e. The van der Waals surface area contributed by atoms with Crippen LogP contribution in [-0.4, -0.2) is 37.6 Å². The predicted octanol–water partition coefficient (Wildman–Crippen LogP) is 4.73. The highest BCUT2D eigenvalue weighted by Crippen LogP contribution is 2.28. The van der Waals surface area contributed by atoms with Crippen molar-refractivity contribution in [3.8, 4) is 17.0 Å². The molecule has 0 bridgehead atoms. The zero-order chi connectivity index (χ0) is 21.8. The molecule has 1 atom stereocenters. The molecule has 4 aromatic rings. The standard InChI is InChI=1S/C23H22ClN5O2/c1-16(17-7-9-18(10-8-17)29-15-25-14-27-29)28(2)23(30)12-11-22-26-13-21(31-22)19-5-3-4-6-20(19)24/h3-10,13-16H,11-12H2,1-2H3/t16-/m0/s1. The molecule has 0 aliphatic rings. The van der Waals surface area contributed by atoms with E-state index >= 15 is 0 Å². The number of hydrogen-bond donors (Lipinski definition) is 0. The molecular weight excluding hydrogens is 414 g/mol. The lowest BCUT2D eigenvalue weighted by molar-refractivity contribution is -0.131. The normalized spacial score (nSPS) is 12.0. The molecule has 0 spiro atoms. The van der Waals surface area contributed by atoms with Gasteiger partial charge in [-0.3, -0.25) is 4.79 Å². The van der Waals surface area contributed by atoms with Crippen molar-refractivity contribution in [1.82, 2.24) is 24.6 Å². The van der Waals surface area contributed by atoms with Crippen LogP contribution >= 0.6 is 11.6 Å². The van der Waals surface area contributed by atoms with Crippen LogP contribution in [0.4, 0.5) is 0 Å². The van der Waals surface area contributed by atoms with Crippen molar-refractivity contribution >= 4 is 17.5 Å².